The number of aldehydes is 1. The van der Waals surface area contributed by atoms with Crippen molar-refractivity contribution in [2.75, 3.05) is 0 Å². The Balaban J connectivity index is 1.27. The van der Waals surface area contributed by atoms with Crippen LogP contribution < -0.4 is 11.2 Å². The second kappa shape index (κ2) is 13.4. The largest absolute Gasteiger partial charge is 0.508 e. The molecular weight excluding hydrogens is 686 g/mol. The van der Waals surface area contributed by atoms with Crippen molar-refractivity contribution in [3.8, 4) is 22.6 Å². The molecule has 7 rings (SSSR count). The number of aromatic nitrogens is 5. The van der Waals surface area contributed by atoms with Gasteiger partial charge in [0.25, 0.3) is 5.56 Å². The fourth-order valence-corrected chi connectivity index (χ4v) is 7.65. The van der Waals surface area contributed by atoms with Crippen LogP contribution in [-0.2, 0) is 0 Å². The fourth-order valence-electron chi connectivity index (χ4n) is 7.65. The first-order valence-corrected chi connectivity index (χ1v) is 17.1. The highest BCUT2D eigenvalue weighted by Gasteiger charge is 2.42. The number of aromatic hydroxyl groups is 1. The summed E-state index contributed by atoms with van der Waals surface area (Å²) in [5.41, 5.74) is 0.415. The van der Waals surface area contributed by atoms with Crippen LogP contribution >= 0.6 is 0 Å². The first-order valence-electron chi connectivity index (χ1n) is 17.1. The number of imidazole rings is 1. The van der Waals surface area contributed by atoms with Gasteiger partial charge >= 0.3 is 11.8 Å². The van der Waals surface area contributed by atoms with E-state index < -0.39 is 52.5 Å². The first-order chi connectivity index (χ1) is 25.2. The Kier molecular flexibility index (Phi) is 8.92. The number of carboxylic acid groups (broad SMARTS) is 1. The maximum atomic E-state index is 14.6. The molecule has 14 heteroatoms. The van der Waals surface area contributed by atoms with Gasteiger partial charge in [-0.25, -0.2) is 32.9 Å². The van der Waals surface area contributed by atoms with E-state index in [4.69, 9.17) is 0 Å². The highest BCUT2D eigenvalue weighted by molar-refractivity contribution is 5.88. The number of phenols is 1. The summed E-state index contributed by atoms with van der Waals surface area (Å²) >= 11 is 0. The van der Waals surface area contributed by atoms with Gasteiger partial charge in [-0.15, -0.1) is 0 Å². The number of carbonyl (C=O) groups is 2. The fraction of sp³-hybridized carbons (Fsp3) is 0.282. The summed E-state index contributed by atoms with van der Waals surface area (Å²) < 4.78 is 32.5. The number of hydrogen-bond donors (Lipinski definition) is 2. The van der Waals surface area contributed by atoms with Gasteiger partial charge in [0.15, 0.2) is 11.9 Å². The zero-order chi connectivity index (χ0) is 37.8. The van der Waals surface area contributed by atoms with E-state index in [1.165, 1.54) is 44.3 Å². The van der Waals surface area contributed by atoms with E-state index in [0.717, 1.165) is 16.8 Å². The van der Waals surface area contributed by atoms with Gasteiger partial charge in [-0.2, -0.15) is 0 Å². The van der Waals surface area contributed by atoms with Gasteiger partial charge < -0.3 is 14.6 Å². The summed E-state index contributed by atoms with van der Waals surface area (Å²) in [5.74, 6) is -1.31. The van der Waals surface area contributed by atoms with Crippen LogP contribution in [0.15, 0.2) is 88.8 Å². The van der Waals surface area contributed by atoms with E-state index in [2.05, 4.69) is 9.97 Å². The SMILES string of the molecule is CC(C)(C)C(c1cn2cc(F)ccc2n1)N(C(=O)O)C1CCC(n2c(=O)c3cc(F)cnc3n(-c3cccc(-c4ccc(O)cc4C=O)c3)c2=O)CC1. The minimum Gasteiger partial charge on any atom is -0.508 e. The first kappa shape index (κ1) is 35.2. The number of nitrogens with zero attached hydrogens (tertiary/aromatic N) is 6. The number of benzene rings is 2. The number of halogens is 2. The molecule has 1 aliphatic rings. The normalized spacial score (nSPS) is 16.8. The molecule has 4 aromatic heterocycles. The van der Waals surface area contributed by atoms with Gasteiger partial charge in [0.2, 0.25) is 0 Å². The van der Waals surface area contributed by atoms with Crippen LogP contribution in [0, 0.1) is 17.0 Å². The smallest absolute Gasteiger partial charge is 0.408 e. The highest BCUT2D eigenvalue weighted by Crippen LogP contribution is 2.42. The number of pyridine rings is 2. The van der Waals surface area contributed by atoms with E-state index in [1.807, 2.05) is 20.8 Å². The lowest BCUT2D eigenvalue weighted by Crippen LogP contribution is -2.49. The van der Waals surface area contributed by atoms with Crippen LogP contribution in [0.4, 0.5) is 13.6 Å². The lowest BCUT2D eigenvalue weighted by Gasteiger charge is -2.44. The molecule has 0 saturated heterocycles. The molecule has 1 fully saturated rings. The lowest BCUT2D eigenvalue weighted by atomic mass is 9.81. The van der Waals surface area contributed by atoms with Crippen molar-refractivity contribution in [2.45, 2.75) is 64.6 Å². The second-order valence-corrected chi connectivity index (χ2v) is 14.5. The van der Waals surface area contributed by atoms with E-state index >= 15 is 0 Å². The van der Waals surface area contributed by atoms with Gasteiger partial charge in [0.05, 0.1) is 29.0 Å². The van der Waals surface area contributed by atoms with Crippen LogP contribution in [0.2, 0.25) is 0 Å². The van der Waals surface area contributed by atoms with Gasteiger partial charge in [-0.3, -0.25) is 19.1 Å². The molecule has 272 valence electrons. The van der Waals surface area contributed by atoms with Crippen molar-refractivity contribution in [2.24, 2.45) is 5.41 Å². The predicted molar refractivity (Wildman–Crippen MR) is 193 cm³/mol. The van der Waals surface area contributed by atoms with Gasteiger partial charge in [-0.1, -0.05) is 32.9 Å². The standard InChI is InChI=1S/C39H36F2N6O6/c1-39(2,3)34(32-20-44-19-24(40)7-14-33(44)43-32)45(38(52)53)26-8-10-27(11-9-26)47-36(50)31-17-25(41)18-42-35(31)46(37(47)51)28-6-4-5-22(15-28)30-13-12-29(49)16-23(30)21-48/h4-7,12-21,26-27,34,49H,8-11H2,1-3H3,(H,52,53). The quantitative estimate of drug-likeness (QED) is 0.169. The van der Waals surface area contributed by atoms with Crippen LogP contribution in [0.25, 0.3) is 33.5 Å². The van der Waals surface area contributed by atoms with E-state index in [1.54, 1.807) is 36.5 Å². The second-order valence-electron chi connectivity index (χ2n) is 14.5. The average Bonchev–Trinajstić information content (AvgIpc) is 3.53. The molecule has 0 radical (unpaired) electrons. The zero-order valence-corrected chi connectivity index (χ0v) is 29.1. The van der Waals surface area contributed by atoms with Crippen molar-refractivity contribution in [1.29, 1.82) is 0 Å². The summed E-state index contributed by atoms with van der Waals surface area (Å²) in [4.78, 5) is 63.4. The Morgan fingerprint density at radius 1 is 0.981 bits per heavy atom. The van der Waals surface area contributed by atoms with Crippen molar-refractivity contribution < 1.29 is 28.6 Å². The number of rotatable bonds is 7. The summed E-state index contributed by atoms with van der Waals surface area (Å²) in [7, 11) is 0. The van der Waals surface area contributed by atoms with Crippen molar-refractivity contribution in [3.63, 3.8) is 0 Å². The van der Waals surface area contributed by atoms with Gasteiger partial charge in [0, 0.05) is 30.0 Å². The van der Waals surface area contributed by atoms with Crippen molar-refractivity contribution >= 4 is 29.1 Å². The topological polar surface area (TPSA) is 152 Å². The molecule has 53 heavy (non-hydrogen) atoms. The molecular formula is C39H36F2N6O6. The molecule has 6 aromatic rings. The van der Waals surface area contributed by atoms with E-state index in [0.29, 0.717) is 47.3 Å². The van der Waals surface area contributed by atoms with Crippen molar-refractivity contribution in [3.05, 3.63) is 123 Å². The number of phenolic OH excluding ortho intramolecular Hbond substituents is 1. The summed E-state index contributed by atoms with van der Waals surface area (Å²) in [6.45, 7) is 5.72. The lowest BCUT2D eigenvalue weighted by molar-refractivity contribution is 0.0350. The zero-order valence-electron chi connectivity index (χ0n) is 29.1. The maximum absolute atomic E-state index is 14.6. The van der Waals surface area contributed by atoms with Crippen LogP contribution in [0.1, 0.15) is 74.6 Å². The minimum absolute atomic E-state index is 0.0535. The van der Waals surface area contributed by atoms with Gasteiger partial charge in [-0.05, 0) is 90.8 Å². The maximum Gasteiger partial charge on any atom is 0.408 e. The molecule has 0 bridgehead atoms. The third-order valence-electron chi connectivity index (χ3n) is 9.93. The number of amides is 1. The Hall–Kier alpha value is -6.18. The molecule has 1 saturated carbocycles. The Morgan fingerprint density at radius 3 is 2.43 bits per heavy atom. The Bertz CT molecular complexity index is 2530. The Morgan fingerprint density at radius 2 is 1.74 bits per heavy atom. The Labute approximate surface area is 301 Å². The number of fused-ring (bicyclic) bond motifs is 2. The van der Waals surface area contributed by atoms with E-state index in [9.17, 15) is 38.2 Å². The van der Waals surface area contributed by atoms with Crippen LogP contribution in [-0.4, -0.2) is 57.0 Å². The molecule has 0 spiro atoms. The van der Waals surface area contributed by atoms with Crippen molar-refractivity contribution in [1.82, 2.24) is 28.4 Å². The third-order valence-corrected chi connectivity index (χ3v) is 9.93. The molecule has 1 amide bonds. The molecule has 2 N–H and O–H groups in total. The summed E-state index contributed by atoms with van der Waals surface area (Å²) in [6.07, 6.45) is 4.44. The minimum atomic E-state index is -1.16. The monoisotopic (exact) mass is 722 g/mol. The third kappa shape index (κ3) is 6.45. The molecule has 1 aliphatic carbocycles. The summed E-state index contributed by atoms with van der Waals surface area (Å²) in [5, 5.41) is 20.4. The van der Waals surface area contributed by atoms with Gasteiger partial charge in [0.1, 0.15) is 23.0 Å². The van der Waals surface area contributed by atoms with Crippen LogP contribution in [0.5, 0.6) is 5.75 Å². The molecule has 1 atom stereocenters. The predicted octanol–water partition coefficient (Wildman–Crippen LogP) is 6.91. The molecule has 1 unspecified atom stereocenters. The molecule has 2 aromatic carbocycles. The van der Waals surface area contributed by atoms with Crippen LogP contribution in [0.3, 0.4) is 0 Å². The molecule has 0 aliphatic heterocycles. The number of hydrogen-bond acceptors (Lipinski definition) is 7. The van der Waals surface area contributed by atoms with E-state index in [-0.39, 0.29) is 35.2 Å². The molecule has 4 heterocycles. The molecule has 12 nitrogen and oxygen atoms in total. The average molecular weight is 723 g/mol. The highest BCUT2D eigenvalue weighted by atomic mass is 19.1. The summed E-state index contributed by atoms with van der Waals surface area (Å²) in [6, 6.07) is 13.0. The number of carbonyl (C=O) groups excluding carboxylic acids is 1.